The average molecular weight is 282 g/mol. The Kier molecular flexibility index (Phi) is 3.65. The monoisotopic (exact) mass is 281 g/mol. The van der Waals surface area contributed by atoms with Crippen LogP contribution < -0.4 is 5.32 Å². The highest BCUT2D eigenvalue weighted by Crippen LogP contribution is 2.38. The first kappa shape index (κ1) is 12.5. The first-order valence-electron chi connectivity index (χ1n) is 6.60. The summed E-state index contributed by atoms with van der Waals surface area (Å²) < 4.78 is 0. The molecule has 18 heavy (non-hydrogen) atoms. The molecular weight excluding hydrogens is 265 g/mol. The van der Waals surface area contributed by atoms with Crippen LogP contribution in [0.25, 0.3) is 6.08 Å². The van der Waals surface area contributed by atoms with Gasteiger partial charge in [0.15, 0.2) is 0 Å². The topological polar surface area (TPSA) is 12.0 Å². The van der Waals surface area contributed by atoms with Crippen LogP contribution in [-0.2, 0) is 0 Å². The van der Waals surface area contributed by atoms with Gasteiger partial charge in [-0.2, -0.15) is 0 Å². The van der Waals surface area contributed by atoms with Crippen LogP contribution in [-0.4, -0.2) is 12.6 Å². The van der Waals surface area contributed by atoms with Gasteiger partial charge in [0, 0.05) is 16.1 Å². The molecule has 3 heteroatoms. The second-order valence-electron chi connectivity index (χ2n) is 5.31. The minimum absolute atomic E-state index is 0.507. The summed E-state index contributed by atoms with van der Waals surface area (Å²) in [6, 6.07) is 6.10. The van der Waals surface area contributed by atoms with E-state index in [0.29, 0.717) is 6.04 Å². The van der Waals surface area contributed by atoms with E-state index in [2.05, 4.69) is 17.5 Å². The normalized spacial score (nSPS) is 31.1. The third kappa shape index (κ3) is 2.45. The lowest BCUT2D eigenvalue weighted by molar-refractivity contribution is 0.456. The molecule has 0 amide bonds. The fourth-order valence-electron chi connectivity index (χ4n) is 3.29. The molecule has 1 N–H and O–H groups in total. The number of fused-ring (bicyclic) bond motifs is 1. The number of hydrogen-bond acceptors (Lipinski definition) is 1. The zero-order valence-corrected chi connectivity index (χ0v) is 11.7. The Labute approximate surface area is 118 Å². The molecule has 96 valence electrons. The van der Waals surface area contributed by atoms with Gasteiger partial charge in [-0.05, 0) is 55.0 Å². The molecule has 3 atom stereocenters. The molecule has 1 saturated carbocycles. The Morgan fingerprint density at radius 1 is 1.22 bits per heavy atom. The van der Waals surface area contributed by atoms with Crippen molar-refractivity contribution in [3.63, 3.8) is 0 Å². The lowest BCUT2D eigenvalue weighted by atomic mass is 9.93. The SMILES string of the molecule is Clc1ccc(Cl)c(/C=C/C2NCC3CCCC32)c1. The van der Waals surface area contributed by atoms with Crippen LogP contribution in [0.3, 0.4) is 0 Å². The highest BCUT2D eigenvalue weighted by molar-refractivity contribution is 6.34. The van der Waals surface area contributed by atoms with Crippen LogP contribution in [0.1, 0.15) is 24.8 Å². The maximum absolute atomic E-state index is 6.16. The van der Waals surface area contributed by atoms with Crippen molar-refractivity contribution in [2.45, 2.75) is 25.3 Å². The van der Waals surface area contributed by atoms with Gasteiger partial charge >= 0.3 is 0 Å². The van der Waals surface area contributed by atoms with Crippen molar-refractivity contribution >= 4 is 29.3 Å². The summed E-state index contributed by atoms with van der Waals surface area (Å²) in [5, 5.41) is 5.09. The Bertz CT molecular complexity index is 470. The van der Waals surface area contributed by atoms with Crippen molar-refractivity contribution in [1.29, 1.82) is 0 Å². The smallest absolute Gasteiger partial charge is 0.0479 e. The van der Waals surface area contributed by atoms with E-state index in [9.17, 15) is 0 Å². The van der Waals surface area contributed by atoms with Gasteiger partial charge in [-0.1, -0.05) is 41.8 Å². The molecule has 2 aliphatic rings. The van der Waals surface area contributed by atoms with Crippen LogP contribution in [0.4, 0.5) is 0 Å². The summed E-state index contributed by atoms with van der Waals surface area (Å²) in [5.41, 5.74) is 1.01. The van der Waals surface area contributed by atoms with Gasteiger partial charge in [-0.25, -0.2) is 0 Å². The van der Waals surface area contributed by atoms with Crippen molar-refractivity contribution in [3.8, 4) is 0 Å². The molecule has 0 bridgehead atoms. The third-order valence-corrected chi connectivity index (χ3v) is 4.82. The van der Waals surface area contributed by atoms with E-state index in [1.165, 1.54) is 25.8 Å². The van der Waals surface area contributed by atoms with E-state index in [1.807, 2.05) is 18.2 Å². The lowest BCUT2D eigenvalue weighted by Crippen LogP contribution is -2.23. The van der Waals surface area contributed by atoms with E-state index < -0.39 is 0 Å². The van der Waals surface area contributed by atoms with Crippen molar-refractivity contribution in [2.24, 2.45) is 11.8 Å². The quantitative estimate of drug-likeness (QED) is 0.848. The molecule has 0 spiro atoms. The van der Waals surface area contributed by atoms with Gasteiger partial charge in [-0.15, -0.1) is 0 Å². The molecule has 1 saturated heterocycles. The number of rotatable bonds is 2. The number of nitrogens with one attached hydrogen (secondary N) is 1. The molecule has 1 nitrogen and oxygen atoms in total. The number of hydrogen-bond donors (Lipinski definition) is 1. The van der Waals surface area contributed by atoms with Crippen LogP contribution in [0, 0.1) is 11.8 Å². The summed E-state index contributed by atoms with van der Waals surface area (Å²) in [6.45, 7) is 1.17. The standard InChI is InChI=1S/C15H17Cl2N/c16-12-5-6-14(17)10(8-12)4-7-15-13-3-1-2-11(13)9-18-15/h4-8,11,13,15,18H,1-3,9H2/b7-4+. The first-order chi connectivity index (χ1) is 8.74. The lowest BCUT2D eigenvalue weighted by Gasteiger charge is -2.13. The second kappa shape index (κ2) is 5.24. The Hall–Kier alpha value is -0.500. The van der Waals surface area contributed by atoms with E-state index in [1.54, 1.807) is 0 Å². The van der Waals surface area contributed by atoms with Gasteiger partial charge in [0.05, 0.1) is 0 Å². The molecule has 0 aromatic heterocycles. The highest BCUT2D eigenvalue weighted by atomic mass is 35.5. The zero-order chi connectivity index (χ0) is 12.5. The van der Waals surface area contributed by atoms with Crippen LogP contribution in [0.2, 0.25) is 10.0 Å². The summed E-state index contributed by atoms with van der Waals surface area (Å²) >= 11 is 12.2. The predicted molar refractivity (Wildman–Crippen MR) is 78.1 cm³/mol. The van der Waals surface area contributed by atoms with E-state index >= 15 is 0 Å². The molecule has 1 aromatic rings. The van der Waals surface area contributed by atoms with Crippen molar-refractivity contribution in [3.05, 3.63) is 39.9 Å². The molecular formula is C15H17Cl2N. The molecule has 1 heterocycles. The molecule has 0 radical (unpaired) electrons. The largest absolute Gasteiger partial charge is 0.310 e. The zero-order valence-electron chi connectivity index (χ0n) is 10.2. The molecule has 1 aliphatic carbocycles. The van der Waals surface area contributed by atoms with Crippen molar-refractivity contribution in [2.75, 3.05) is 6.54 Å². The van der Waals surface area contributed by atoms with E-state index in [4.69, 9.17) is 23.2 Å². The number of benzene rings is 1. The summed E-state index contributed by atoms with van der Waals surface area (Å²) in [6.07, 6.45) is 8.50. The maximum atomic E-state index is 6.16. The Morgan fingerprint density at radius 2 is 2.11 bits per heavy atom. The van der Waals surface area contributed by atoms with E-state index in [0.717, 1.165) is 27.4 Å². The summed E-state index contributed by atoms with van der Waals surface area (Å²) in [5.74, 6) is 1.70. The summed E-state index contributed by atoms with van der Waals surface area (Å²) in [4.78, 5) is 0. The fourth-order valence-corrected chi connectivity index (χ4v) is 3.65. The van der Waals surface area contributed by atoms with Crippen molar-refractivity contribution in [1.82, 2.24) is 5.32 Å². The summed E-state index contributed by atoms with van der Waals surface area (Å²) in [7, 11) is 0. The van der Waals surface area contributed by atoms with Gasteiger partial charge in [0.25, 0.3) is 0 Å². The Balaban J connectivity index is 1.75. The highest BCUT2D eigenvalue weighted by Gasteiger charge is 2.37. The number of halogens is 2. The first-order valence-corrected chi connectivity index (χ1v) is 7.36. The Morgan fingerprint density at radius 3 is 3.00 bits per heavy atom. The molecule has 1 aromatic carbocycles. The van der Waals surface area contributed by atoms with Crippen molar-refractivity contribution < 1.29 is 0 Å². The van der Waals surface area contributed by atoms with Gasteiger partial charge in [-0.3, -0.25) is 0 Å². The average Bonchev–Trinajstić information content (AvgIpc) is 2.93. The minimum atomic E-state index is 0.507. The van der Waals surface area contributed by atoms with Crippen LogP contribution in [0.5, 0.6) is 0 Å². The van der Waals surface area contributed by atoms with Crippen LogP contribution >= 0.6 is 23.2 Å². The maximum Gasteiger partial charge on any atom is 0.0479 e. The van der Waals surface area contributed by atoms with Crippen LogP contribution in [0.15, 0.2) is 24.3 Å². The second-order valence-corrected chi connectivity index (χ2v) is 6.16. The van der Waals surface area contributed by atoms with E-state index in [-0.39, 0.29) is 0 Å². The molecule has 3 rings (SSSR count). The molecule has 1 aliphatic heterocycles. The third-order valence-electron chi connectivity index (χ3n) is 4.24. The molecule has 3 unspecified atom stereocenters. The fraction of sp³-hybridized carbons (Fsp3) is 0.467. The van der Waals surface area contributed by atoms with Gasteiger partial charge in [0.2, 0.25) is 0 Å². The molecule has 2 fully saturated rings. The van der Waals surface area contributed by atoms with Gasteiger partial charge in [0.1, 0.15) is 0 Å². The van der Waals surface area contributed by atoms with Gasteiger partial charge < -0.3 is 5.32 Å². The predicted octanol–water partition coefficient (Wildman–Crippen LogP) is 4.39. The minimum Gasteiger partial charge on any atom is -0.310 e.